The summed E-state index contributed by atoms with van der Waals surface area (Å²) in [6.45, 7) is 1.33. The average molecular weight is 401 g/mol. The molecule has 2 rings (SSSR count). The van der Waals surface area contributed by atoms with Crippen molar-refractivity contribution in [3.8, 4) is 5.75 Å². The highest BCUT2D eigenvalue weighted by Gasteiger charge is 2.20. The lowest BCUT2D eigenvalue weighted by Crippen LogP contribution is -2.24. The van der Waals surface area contributed by atoms with Crippen molar-refractivity contribution >= 4 is 33.2 Å². The number of halogens is 2. The second-order valence-corrected chi connectivity index (χ2v) is 8.21. The van der Waals surface area contributed by atoms with E-state index in [0.717, 1.165) is 10.4 Å². The minimum Gasteiger partial charge on any atom is -0.484 e. The smallest absolute Gasteiger partial charge is 0.262 e. The Morgan fingerprint density at radius 2 is 1.92 bits per heavy atom. The lowest BCUT2D eigenvalue weighted by atomic mass is 10.2. The molecule has 0 aliphatic heterocycles. The fourth-order valence-electron chi connectivity index (χ4n) is 2.07. The van der Waals surface area contributed by atoms with E-state index in [4.69, 9.17) is 16.3 Å². The Morgan fingerprint density at radius 3 is 2.54 bits per heavy atom. The van der Waals surface area contributed by atoms with Crippen LogP contribution in [0.2, 0.25) is 5.02 Å². The van der Waals surface area contributed by atoms with Gasteiger partial charge in [0.15, 0.2) is 6.61 Å². The summed E-state index contributed by atoms with van der Waals surface area (Å²) in [5.41, 5.74) is 0.885. The molecule has 0 unspecified atom stereocenters. The minimum absolute atomic E-state index is 0.103. The van der Waals surface area contributed by atoms with Crippen LogP contribution in [0.4, 0.5) is 10.1 Å². The number of carbonyl (C=O) groups excluding carboxylic acids is 1. The number of benzene rings is 2. The number of carbonyl (C=O) groups is 1. The molecule has 0 spiro atoms. The predicted octanol–water partition coefficient (Wildman–Crippen LogP) is 3.06. The summed E-state index contributed by atoms with van der Waals surface area (Å²) >= 11 is 5.64. The summed E-state index contributed by atoms with van der Waals surface area (Å²) in [6, 6.07) is 8.33. The standard InChI is InChI=1S/C17H18ClFN2O4S/c1-11-4-5-12(8-16(11)26(23,24)21(2)3)20-17(22)10-25-13-6-7-15(19)14(18)9-13/h4-9H,10H2,1-3H3,(H,20,22). The first-order valence-electron chi connectivity index (χ1n) is 7.52. The van der Waals surface area contributed by atoms with Crippen LogP contribution in [0.1, 0.15) is 5.56 Å². The molecule has 2 aromatic rings. The maximum absolute atomic E-state index is 13.1. The normalized spacial score (nSPS) is 11.5. The zero-order chi connectivity index (χ0) is 19.5. The summed E-state index contributed by atoms with van der Waals surface area (Å²) in [5.74, 6) is -0.841. The van der Waals surface area contributed by atoms with Gasteiger partial charge < -0.3 is 10.1 Å². The largest absolute Gasteiger partial charge is 0.484 e. The van der Waals surface area contributed by atoms with E-state index < -0.39 is 21.7 Å². The van der Waals surface area contributed by atoms with E-state index in [9.17, 15) is 17.6 Å². The van der Waals surface area contributed by atoms with Gasteiger partial charge in [-0.25, -0.2) is 17.1 Å². The van der Waals surface area contributed by atoms with Crippen molar-refractivity contribution in [3.05, 3.63) is 52.8 Å². The Morgan fingerprint density at radius 1 is 1.23 bits per heavy atom. The minimum atomic E-state index is -3.63. The van der Waals surface area contributed by atoms with Crippen LogP contribution >= 0.6 is 11.6 Å². The van der Waals surface area contributed by atoms with Gasteiger partial charge in [0.05, 0.1) is 9.92 Å². The van der Waals surface area contributed by atoms with Gasteiger partial charge in [-0.15, -0.1) is 0 Å². The van der Waals surface area contributed by atoms with Crippen LogP contribution in [0.25, 0.3) is 0 Å². The van der Waals surface area contributed by atoms with Gasteiger partial charge in [0, 0.05) is 25.8 Å². The molecule has 0 atom stereocenters. The molecular weight excluding hydrogens is 383 g/mol. The highest BCUT2D eigenvalue weighted by Crippen LogP contribution is 2.23. The van der Waals surface area contributed by atoms with Gasteiger partial charge in [-0.2, -0.15) is 0 Å². The van der Waals surface area contributed by atoms with E-state index in [0.29, 0.717) is 11.3 Å². The van der Waals surface area contributed by atoms with Crippen molar-refractivity contribution in [2.24, 2.45) is 0 Å². The van der Waals surface area contributed by atoms with Gasteiger partial charge in [0.2, 0.25) is 10.0 Å². The topological polar surface area (TPSA) is 75.7 Å². The van der Waals surface area contributed by atoms with Gasteiger partial charge in [0.1, 0.15) is 11.6 Å². The average Bonchev–Trinajstić information content (AvgIpc) is 2.57. The van der Waals surface area contributed by atoms with Gasteiger partial charge in [0.25, 0.3) is 5.91 Å². The number of nitrogens with one attached hydrogen (secondary N) is 1. The molecule has 1 amide bonds. The SMILES string of the molecule is Cc1ccc(NC(=O)COc2ccc(F)c(Cl)c2)cc1S(=O)(=O)N(C)C. The Labute approximate surface area is 156 Å². The highest BCUT2D eigenvalue weighted by atomic mass is 35.5. The summed E-state index contributed by atoms with van der Waals surface area (Å²) in [7, 11) is -0.765. The maximum atomic E-state index is 13.1. The summed E-state index contributed by atoms with van der Waals surface area (Å²) in [4.78, 5) is 12.1. The molecule has 0 aromatic heterocycles. The molecule has 2 aromatic carbocycles. The fraction of sp³-hybridized carbons (Fsp3) is 0.235. The van der Waals surface area contributed by atoms with Crippen molar-refractivity contribution in [1.82, 2.24) is 4.31 Å². The number of hydrogen-bond donors (Lipinski definition) is 1. The van der Waals surface area contributed by atoms with E-state index in [1.54, 1.807) is 19.1 Å². The summed E-state index contributed by atoms with van der Waals surface area (Å²) < 4.78 is 44.0. The van der Waals surface area contributed by atoms with Crippen LogP contribution in [0.15, 0.2) is 41.3 Å². The first-order chi connectivity index (χ1) is 12.1. The third kappa shape index (κ3) is 4.72. The number of anilines is 1. The molecule has 0 radical (unpaired) electrons. The number of sulfonamides is 1. The number of nitrogens with zero attached hydrogens (tertiary/aromatic N) is 1. The monoisotopic (exact) mass is 400 g/mol. The number of aryl methyl sites for hydroxylation is 1. The van der Waals surface area contributed by atoms with Gasteiger partial charge in [-0.1, -0.05) is 17.7 Å². The Balaban J connectivity index is 2.08. The van der Waals surface area contributed by atoms with Crippen LogP contribution in [0, 0.1) is 12.7 Å². The highest BCUT2D eigenvalue weighted by molar-refractivity contribution is 7.89. The molecule has 6 nitrogen and oxygen atoms in total. The van der Waals surface area contributed by atoms with Crippen LogP contribution in [-0.4, -0.2) is 39.3 Å². The molecule has 0 heterocycles. The second-order valence-electron chi connectivity index (χ2n) is 5.68. The van der Waals surface area contributed by atoms with E-state index >= 15 is 0 Å². The third-order valence-electron chi connectivity index (χ3n) is 3.49. The molecule has 140 valence electrons. The fourth-order valence-corrected chi connectivity index (χ4v) is 3.38. The van der Waals surface area contributed by atoms with Gasteiger partial charge >= 0.3 is 0 Å². The molecule has 1 N–H and O–H groups in total. The number of rotatable bonds is 6. The van der Waals surface area contributed by atoms with Crippen molar-refractivity contribution in [3.63, 3.8) is 0 Å². The van der Waals surface area contributed by atoms with Crippen LogP contribution in [-0.2, 0) is 14.8 Å². The van der Waals surface area contributed by atoms with Crippen molar-refractivity contribution in [2.45, 2.75) is 11.8 Å². The number of hydrogen-bond acceptors (Lipinski definition) is 4. The first-order valence-corrected chi connectivity index (χ1v) is 9.34. The van der Waals surface area contributed by atoms with Gasteiger partial charge in [-0.3, -0.25) is 4.79 Å². The second kappa shape index (κ2) is 8.03. The molecule has 0 saturated carbocycles. The zero-order valence-corrected chi connectivity index (χ0v) is 16.0. The maximum Gasteiger partial charge on any atom is 0.262 e. The van der Waals surface area contributed by atoms with Crippen LogP contribution < -0.4 is 10.1 Å². The van der Waals surface area contributed by atoms with Crippen molar-refractivity contribution in [2.75, 3.05) is 26.0 Å². The third-order valence-corrected chi connectivity index (χ3v) is 5.74. The molecule has 26 heavy (non-hydrogen) atoms. The van der Waals surface area contributed by atoms with Crippen LogP contribution in [0.5, 0.6) is 5.75 Å². The molecular formula is C17H18ClFN2O4S. The predicted molar refractivity (Wildman–Crippen MR) is 97.6 cm³/mol. The molecule has 0 bridgehead atoms. The molecule has 0 aliphatic carbocycles. The van der Waals surface area contributed by atoms with E-state index in [2.05, 4.69) is 5.32 Å². The van der Waals surface area contributed by atoms with Crippen LogP contribution in [0.3, 0.4) is 0 Å². The zero-order valence-electron chi connectivity index (χ0n) is 14.4. The van der Waals surface area contributed by atoms with E-state index in [1.165, 1.54) is 32.3 Å². The Kier molecular flexibility index (Phi) is 6.22. The lowest BCUT2D eigenvalue weighted by molar-refractivity contribution is -0.118. The van der Waals surface area contributed by atoms with E-state index in [-0.39, 0.29) is 22.3 Å². The lowest BCUT2D eigenvalue weighted by Gasteiger charge is -2.15. The molecule has 9 heteroatoms. The van der Waals surface area contributed by atoms with Crippen molar-refractivity contribution < 1.29 is 22.3 Å². The molecule has 0 aliphatic rings. The molecule has 0 saturated heterocycles. The quantitative estimate of drug-likeness (QED) is 0.808. The number of ether oxygens (including phenoxy) is 1. The summed E-state index contributed by atoms with van der Waals surface area (Å²) in [5, 5.41) is 2.45. The number of amides is 1. The first kappa shape index (κ1) is 20.2. The van der Waals surface area contributed by atoms with Gasteiger partial charge in [-0.05, 0) is 36.8 Å². The Bertz CT molecular complexity index is 932. The molecule has 0 fully saturated rings. The van der Waals surface area contributed by atoms with E-state index in [1.807, 2.05) is 0 Å². The van der Waals surface area contributed by atoms with Crippen molar-refractivity contribution in [1.29, 1.82) is 0 Å². The Hall–Kier alpha value is -2.16. The summed E-state index contributed by atoms with van der Waals surface area (Å²) in [6.07, 6.45) is 0.